The maximum Gasteiger partial charge on any atom is 0.129 e. The Kier molecular flexibility index (Phi) is 5.84. The summed E-state index contributed by atoms with van der Waals surface area (Å²) in [4.78, 5) is 6.76. The first-order chi connectivity index (χ1) is 9.60. The van der Waals surface area contributed by atoms with Crippen molar-refractivity contribution in [3.8, 4) is 0 Å². The number of anilines is 1. The van der Waals surface area contributed by atoms with Gasteiger partial charge in [-0.25, -0.2) is 4.98 Å². The van der Waals surface area contributed by atoms with E-state index >= 15 is 0 Å². The lowest BCUT2D eigenvalue weighted by Gasteiger charge is -2.18. The maximum atomic E-state index is 6.17. The molecule has 0 unspecified atom stereocenters. The second-order valence-corrected chi connectivity index (χ2v) is 7.19. The molecule has 0 aliphatic carbocycles. The van der Waals surface area contributed by atoms with Crippen LogP contribution in [-0.2, 0) is 13.1 Å². The van der Waals surface area contributed by atoms with Gasteiger partial charge in [-0.05, 0) is 51.6 Å². The second-order valence-electron chi connectivity index (χ2n) is 4.49. The Balaban J connectivity index is 2.10. The molecule has 20 heavy (non-hydrogen) atoms. The van der Waals surface area contributed by atoms with Crippen LogP contribution in [-0.4, -0.2) is 18.6 Å². The van der Waals surface area contributed by atoms with Gasteiger partial charge in [0, 0.05) is 20.1 Å². The summed E-state index contributed by atoms with van der Waals surface area (Å²) in [6, 6.07) is 6.01. The van der Waals surface area contributed by atoms with Crippen LogP contribution in [0.25, 0.3) is 0 Å². The van der Waals surface area contributed by atoms with Gasteiger partial charge in [0.15, 0.2) is 0 Å². The number of thiophene rings is 1. The van der Waals surface area contributed by atoms with Crippen LogP contribution in [0.15, 0.2) is 27.4 Å². The SMILES string of the molecule is CCNCc1nc(N(C)Cc2csc(Br)c2)ccc1Cl. The van der Waals surface area contributed by atoms with E-state index in [0.29, 0.717) is 11.6 Å². The molecule has 0 saturated carbocycles. The molecule has 0 saturated heterocycles. The minimum atomic E-state index is 0.695. The first-order valence-corrected chi connectivity index (χ1v) is 8.45. The number of rotatable bonds is 6. The van der Waals surface area contributed by atoms with E-state index < -0.39 is 0 Å². The number of aromatic nitrogens is 1. The number of halogens is 2. The van der Waals surface area contributed by atoms with E-state index in [9.17, 15) is 0 Å². The van der Waals surface area contributed by atoms with Crippen molar-refractivity contribution in [3.63, 3.8) is 0 Å². The predicted octanol–water partition coefficient (Wildman–Crippen LogP) is 4.30. The molecule has 108 valence electrons. The zero-order valence-electron chi connectivity index (χ0n) is 11.5. The molecular formula is C14H17BrClN3S. The Morgan fingerprint density at radius 3 is 2.90 bits per heavy atom. The summed E-state index contributed by atoms with van der Waals surface area (Å²) < 4.78 is 1.15. The summed E-state index contributed by atoms with van der Waals surface area (Å²) in [6.45, 7) is 4.50. The predicted molar refractivity (Wildman–Crippen MR) is 90.8 cm³/mol. The van der Waals surface area contributed by atoms with Gasteiger partial charge in [0.2, 0.25) is 0 Å². The van der Waals surface area contributed by atoms with Crippen LogP contribution in [0, 0.1) is 0 Å². The maximum absolute atomic E-state index is 6.17. The fraction of sp³-hybridized carbons (Fsp3) is 0.357. The van der Waals surface area contributed by atoms with Crippen LogP contribution in [0.3, 0.4) is 0 Å². The van der Waals surface area contributed by atoms with E-state index in [1.807, 2.05) is 19.2 Å². The van der Waals surface area contributed by atoms with Gasteiger partial charge < -0.3 is 10.2 Å². The lowest BCUT2D eigenvalue weighted by Crippen LogP contribution is -2.19. The summed E-state index contributed by atoms with van der Waals surface area (Å²) in [7, 11) is 2.04. The van der Waals surface area contributed by atoms with Crippen molar-refractivity contribution in [1.29, 1.82) is 0 Å². The van der Waals surface area contributed by atoms with Crippen LogP contribution in [0.1, 0.15) is 18.2 Å². The molecule has 0 radical (unpaired) electrons. The highest BCUT2D eigenvalue weighted by molar-refractivity contribution is 9.11. The Bertz CT molecular complexity index is 573. The van der Waals surface area contributed by atoms with Crippen molar-refractivity contribution < 1.29 is 0 Å². The van der Waals surface area contributed by atoms with E-state index in [1.54, 1.807) is 11.3 Å². The average Bonchev–Trinajstić information content (AvgIpc) is 2.83. The molecule has 0 atom stereocenters. The van der Waals surface area contributed by atoms with Crippen LogP contribution in [0.5, 0.6) is 0 Å². The molecular weight excluding hydrogens is 358 g/mol. The largest absolute Gasteiger partial charge is 0.355 e. The fourth-order valence-electron chi connectivity index (χ4n) is 1.84. The topological polar surface area (TPSA) is 28.2 Å². The number of hydrogen-bond donors (Lipinski definition) is 1. The van der Waals surface area contributed by atoms with Gasteiger partial charge in [0.1, 0.15) is 5.82 Å². The van der Waals surface area contributed by atoms with Crippen molar-refractivity contribution in [1.82, 2.24) is 10.3 Å². The van der Waals surface area contributed by atoms with Crippen molar-refractivity contribution in [2.24, 2.45) is 0 Å². The van der Waals surface area contributed by atoms with E-state index in [-0.39, 0.29) is 0 Å². The molecule has 0 aromatic carbocycles. The molecule has 1 N–H and O–H groups in total. The molecule has 2 rings (SSSR count). The van der Waals surface area contributed by atoms with Crippen LogP contribution in [0.4, 0.5) is 5.82 Å². The van der Waals surface area contributed by atoms with Gasteiger partial charge in [-0.15, -0.1) is 11.3 Å². The first kappa shape index (κ1) is 15.8. The highest BCUT2D eigenvalue weighted by Crippen LogP contribution is 2.24. The number of nitrogens with zero attached hydrogens (tertiary/aromatic N) is 2. The van der Waals surface area contributed by atoms with Gasteiger partial charge in [-0.2, -0.15) is 0 Å². The summed E-state index contributed by atoms with van der Waals surface area (Å²) in [5.41, 5.74) is 2.17. The molecule has 3 nitrogen and oxygen atoms in total. The molecule has 0 aliphatic rings. The Labute approximate surface area is 137 Å². The van der Waals surface area contributed by atoms with Crippen molar-refractivity contribution in [2.45, 2.75) is 20.0 Å². The summed E-state index contributed by atoms with van der Waals surface area (Å²) in [5.74, 6) is 0.935. The van der Waals surface area contributed by atoms with Crippen molar-refractivity contribution >= 4 is 44.7 Å². The zero-order valence-corrected chi connectivity index (χ0v) is 14.6. The van der Waals surface area contributed by atoms with Gasteiger partial charge in [-0.1, -0.05) is 18.5 Å². The van der Waals surface area contributed by atoms with Gasteiger partial charge in [0.05, 0.1) is 14.5 Å². The third-order valence-corrected chi connectivity index (χ3v) is 4.78. The fourth-order valence-corrected chi connectivity index (χ4v) is 3.21. The number of nitrogens with one attached hydrogen (secondary N) is 1. The molecule has 2 heterocycles. The monoisotopic (exact) mass is 373 g/mol. The normalized spacial score (nSPS) is 10.8. The Morgan fingerprint density at radius 1 is 1.45 bits per heavy atom. The smallest absolute Gasteiger partial charge is 0.129 e. The summed E-state index contributed by atoms with van der Waals surface area (Å²) in [6.07, 6.45) is 0. The standard InChI is InChI=1S/C14H17BrClN3S/c1-3-17-7-12-11(16)4-5-14(18-12)19(2)8-10-6-13(15)20-9-10/h4-6,9,17H,3,7-8H2,1-2H3. The quantitative estimate of drug-likeness (QED) is 0.817. The number of hydrogen-bond acceptors (Lipinski definition) is 4. The Hall–Kier alpha value is -0.620. The van der Waals surface area contributed by atoms with E-state index in [4.69, 9.17) is 11.6 Å². The molecule has 0 spiro atoms. The molecule has 6 heteroatoms. The Morgan fingerprint density at radius 2 is 2.25 bits per heavy atom. The van der Waals surface area contributed by atoms with E-state index in [2.05, 4.69) is 49.5 Å². The number of pyridine rings is 1. The lowest BCUT2D eigenvalue weighted by molar-refractivity contribution is 0.709. The molecule has 0 bridgehead atoms. The molecule has 0 aliphatic heterocycles. The molecule has 0 amide bonds. The second kappa shape index (κ2) is 7.41. The van der Waals surface area contributed by atoms with Crippen LogP contribution in [0.2, 0.25) is 5.02 Å². The molecule has 2 aromatic rings. The summed E-state index contributed by atoms with van der Waals surface area (Å²) in [5, 5.41) is 6.11. The third kappa shape index (κ3) is 4.19. The minimum absolute atomic E-state index is 0.695. The van der Waals surface area contributed by atoms with Crippen LogP contribution >= 0.6 is 38.9 Å². The average molecular weight is 375 g/mol. The van der Waals surface area contributed by atoms with E-state index in [1.165, 1.54) is 5.56 Å². The van der Waals surface area contributed by atoms with E-state index in [0.717, 1.165) is 28.4 Å². The highest BCUT2D eigenvalue weighted by atomic mass is 79.9. The van der Waals surface area contributed by atoms with Gasteiger partial charge in [0.25, 0.3) is 0 Å². The third-order valence-electron chi connectivity index (χ3n) is 2.88. The molecule has 2 aromatic heterocycles. The highest BCUT2D eigenvalue weighted by Gasteiger charge is 2.08. The lowest BCUT2D eigenvalue weighted by atomic mass is 10.3. The molecule has 0 fully saturated rings. The van der Waals surface area contributed by atoms with Gasteiger partial charge in [-0.3, -0.25) is 0 Å². The first-order valence-electron chi connectivity index (χ1n) is 6.40. The van der Waals surface area contributed by atoms with Gasteiger partial charge >= 0.3 is 0 Å². The van der Waals surface area contributed by atoms with Crippen molar-refractivity contribution in [2.75, 3.05) is 18.5 Å². The van der Waals surface area contributed by atoms with Crippen molar-refractivity contribution in [3.05, 3.63) is 43.6 Å². The minimum Gasteiger partial charge on any atom is -0.355 e. The summed E-state index contributed by atoms with van der Waals surface area (Å²) >= 11 is 11.4. The van der Waals surface area contributed by atoms with Crippen LogP contribution < -0.4 is 10.2 Å². The zero-order chi connectivity index (χ0) is 14.5.